The standard InChI is InChI=1S/C20H25N3O/c1-14-7-4-5-12-23(14)20(24)19-13-18(21-22-19)17-11-6-9-15-8-2-3-10-16(15)17/h2-3,6,8-11,14,18-19,21-22H,4-5,7,12-13H2,1H3. The van der Waals surface area contributed by atoms with Gasteiger partial charge in [-0.2, -0.15) is 0 Å². The summed E-state index contributed by atoms with van der Waals surface area (Å²) in [5, 5.41) is 2.51. The molecule has 0 aromatic heterocycles. The molecule has 0 bridgehead atoms. The Morgan fingerprint density at radius 2 is 1.92 bits per heavy atom. The molecule has 0 saturated carbocycles. The molecule has 1 amide bonds. The van der Waals surface area contributed by atoms with Crippen molar-refractivity contribution < 1.29 is 4.79 Å². The summed E-state index contributed by atoms with van der Waals surface area (Å²) in [6.45, 7) is 3.07. The Balaban J connectivity index is 1.52. The second-order valence-corrected chi connectivity index (χ2v) is 7.07. The van der Waals surface area contributed by atoms with E-state index in [2.05, 4.69) is 65.1 Å². The highest BCUT2D eigenvalue weighted by molar-refractivity contribution is 5.87. The number of nitrogens with zero attached hydrogens (tertiary/aromatic N) is 1. The lowest BCUT2D eigenvalue weighted by Gasteiger charge is -2.35. The number of likely N-dealkylation sites (tertiary alicyclic amines) is 1. The number of piperidine rings is 1. The topological polar surface area (TPSA) is 44.4 Å². The normalized spacial score (nSPS) is 27.5. The fraction of sp³-hybridized carbons (Fsp3) is 0.450. The molecule has 2 N–H and O–H groups in total. The fourth-order valence-corrected chi connectivity index (χ4v) is 4.10. The third kappa shape index (κ3) is 2.80. The molecule has 2 heterocycles. The van der Waals surface area contributed by atoms with Gasteiger partial charge in [0.15, 0.2) is 0 Å². The average molecular weight is 323 g/mol. The van der Waals surface area contributed by atoms with Gasteiger partial charge in [0, 0.05) is 18.6 Å². The monoisotopic (exact) mass is 323 g/mol. The predicted octanol–water partition coefficient (Wildman–Crippen LogP) is 3.15. The van der Waals surface area contributed by atoms with E-state index in [0.29, 0.717) is 6.04 Å². The second-order valence-electron chi connectivity index (χ2n) is 7.07. The van der Waals surface area contributed by atoms with E-state index in [1.165, 1.54) is 22.8 Å². The molecule has 126 valence electrons. The zero-order valence-corrected chi connectivity index (χ0v) is 14.2. The number of benzene rings is 2. The number of rotatable bonds is 2. The minimum Gasteiger partial charge on any atom is -0.339 e. The van der Waals surface area contributed by atoms with E-state index >= 15 is 0 Å². The largest absolute Gasteiger partial charge is 0.339 e. The molecule has 4 heteroatoms. The molecule has 2 saturated heterocycles. The van der Waals surface area contributed by atoms with Crippen LogP contribution in [0.5, 0.6) is 0 Å². The summed E-state index contributed by atoms with van der Waals surface area (Å²) in [5.41, 5.74) is 7.87. The molecule has 2 aromatic rings. The number of fused-ring (bicyclic) bond motifs is 1. The van der Waals surface area contributed by atoms with Gasteiger partial charge in [-0.05, 0) is 48.9 Å². The summed E-state index contributed by atoms with van der Waals surface area (Å²) in [7, 11) is 0. The van der Waals surface area contributed by atoms with E-state index in [-0.39, 0.29) is 18.0 Å². The highest BCUT2D eigenvalue weighted by atomic mass is 16.2. The van der Waals surface area contributed by atoms with Gasteiger partial charge in [-0.3, -0.25) is 4.79 Å². The van der Waals surface area contributed by atoms with Crippen LogP contribution in [0.15, 0.2) is 42.5 Å². The molecular formula is C20H25N3O. The molecule has 0 radical (unpaired) electrons. The lowest BCUT2D eigenvalue weighted by molar-refractivity contribution is -0.136. The lowest BCUT2D eigenvalue weighted by Crippen LogP contribution is -2.50. The maximum Gasteiger partial charge on any atom is 0.241 e. The van der Waals surface area contributed by atoms with Crippen molar-refractivity contribution in [2.75, 3.05) is 6.54 Å². The Labute approximate surface area is 143 Å². The fourth-order valence-electron chi connectivity index (χ4n) is 4.10. The van der Waals surface area contributed by atoms with Crippen molar-refractivity contribution in [1.29, 1.82) is 0 Å². The van der Waals surface area contributed by atoms with Gasteiger partial charge in [0.05, 0.1) is 0 Å². The van der Waals surface area contributed by atoms with Crippen LogP contribution in [0.1, 0.15) is 44.2 Å². The lowest BCUT2D eigenvalue weighted by atomic mass is 9.95. The number of hydrogen-bond acceptors (Lipinski definition) is 3. The Kier molecular flexibility index (Phi) is 4.25. The van der Waals surface area contributed by atoms with Crippen LogP contribution >= 0.6 is 0 Å². The average Bonchev–Trinajstić information content (AvgIpc) is 3.11. The van der Waals surface area contributed by atoms with Gasteiger partial charge in [0.1, 0.15) is 6.04 Å². The molecule has 4 rings (SSSR count). The molecule has 0 spiro atoms. The molecular weight excluding hydrogens is 298 g/mol. The van der Waals surface area contributed by atoms with Gasteiger partial charge in [-0.25, -0.2) is 10.9 Å². The van der Waals surface area contributed by atoms with E-state index in [0.717, 1.165) is 25.8 Å². The molecule has 2 aliphatic rings. The molecule has 2 aliphatic heterocycles. The van der Waals surface area contributed by atoms with Crippen LogP contribution in [0.3, 0.4) is 0 Å². The van der Waals surface area contributed by atoms with E-state index in [9.17, 15) is 4.79 Å². The Hall–Kier alpha value is -1.91. The van der Waals surface area contributed by atoms with Crippen molar-refractivity contribution in [3.8, 4) is 0 Å². The molecule has 2 fully saturated rings. The number of carbonyl (C=O) groups is 1. The molecule has 24 heavy (non-hydrogen) atoms. The summed E-state index contributed by atoms with van der Waals surface area (Å²) in [6.07, 6.45) is 4.29. The van der Waals surface area contributed by atoms with Crippen molar-refractivity contribution >= 4 is 16.7 Å². The molecule has 3 unspecified atom stereocenters. The van der Waals surface area contributed by atoms with Gasteiger partial charge in [0.25, 0.3) is 0 Å². The van der Waals surface area contributed by atoms with Gasteiger partial charge < -0.3 is 4.90 Å². The van der Waals surface area contributed by atoms with Crippen molar-refractivity contribution in [2.24, 2.45) is 0 Å². The van der Waals surface area contributed by atoms with Crippen LogP contribution in [0, 0.1) is 0 Å². The number of amides is 1. The summed E-state index contributed by atoms with van der Waals surface area (Å²) < 4.78 is 0. The van der Waals surface area contributed by atoms with Crippen molar-refractivity contribution in [2.45, 2.75) is 50.7 Å². The third-order valence-corrected chi connectivity index (χ3v) is 5.49. The number of nitrogens with one attached hydrogen (secondary N) is 2. The Morgan fingerprint density at radius 3 is 2.79 bits per heavy atom. The first kappa shape index (κ1) is 15.6. The SMILES string of the molecule is CC1CCCCN1C(=O)C1CC(c2cccc3ccccc23)NN1. The molecule has 2 aromatic carbocycles. The maximum absolute atomic E-state index is 12.9. The quantitative estimate of drug-likeness (QED) is 0.892. The Morgan fingerprint density at radius 1 is 1.08 bits per heavy atom. The summed E-state index contributed by atoms with van der Waals surface area (Å²) in [5.74, 6) is 0.248. The minimum absolute atomic E-state index is 0.130. The zero-order chi connectivity index (χ0) is 16.5. The highest BCUT2D eigenvalue weighted by Crippen LogP contribution is 2.30. The molecule has 4 nitrogen and oxygen atoms in total. The van der Waals surface area contributed by atoms with Gasteiger partial charge >= 0.3 is 0 Å². The van der Waals surface area contributed by atoms with Crippen LogP contribution in [-0.2, 0) is 4.79 Å². The van der Waals surface area contributed by atoms with Gasteiger partial charge in [0.2, 0.25) is 5.91 Å². The van der Waals surface area contributed by atoms with Gasteiger partial charge in [-0.15, -0.1) is 0 Å². The number of hydrogen-bond donors (Lipinski definition) is 2. The van der Waals surface area contributed by atoms with Crippen LogP contribution < -0.4 is 10.9 Å². The van der Waals surface area contributed by atoms with Crippen molar-refractivity contribution in [3.05, 3.63) is 48.0 Å². The Bertz CT molecular complexity index is 739. The maximum atomic E-state index is 12.9. The predicted molar refractivity (Wildman–Crippen MR) is 96.4 cm³/mol. The van der Waals surface area contributed by atoms with Crippen molar-refractivity contribution in [1.82, 2.24) is 15.8 Å². The van der Waals surface area contributed by atoms with Gasteiger partial charge in [-0.1, -0.05) is 42.5 Å². The summed E-state index contributed by atoms with van der Waals surface area (Å²) in [4.78, 5) is 14.9. The highest BCUT2D eigenvalue weighted by Gasteiger charge is 2.35. The second kappa shape index (κ2) is 6.54. The summed E-state index contributed by atoms with van der Waals surface area (Å²) >= 11 is 0. The first-order valence-corrected chi connectivity index (χ1v) is 9.03. The number of carbonyl (C=O) groups excluding carboxylic acids is 1. The third-order valence-electron chi connectivity index (χ3n) is 5.49. The van der Waals surface area contributed by atoms with E-state index < -0.39 is 0 Å². The van der Waals surface area contributed by atoms with E-state index in [1.54, 1.807) is 0 Å². The number of hydrazine groups is 1. The van der Waals surface area contributed by atoms with Crippen LogP contribution in [0.25, 0.3) is 10.8 Å². The van der Waals surface area contributed by atoms with E-state index in [1.807, 2.05) is 0 Å². The first-order valence-electron chi connectivity index (χ1n) is 9.03. The molecule has 3 atom stereocenters. The zero-order valence-electron chi connectivity index (χ0n) is 14.2. The molecule has 0 aliphatic carbocycles. The summed E-state index contributed by atoms with van der Waals surface area (Å²) in [6, 6.07) is 15.2. The minimum atomic E-state index is -0.130. The van der Waals surface area contributed by atoms with Crippen molar-refractivity contribution in [3.63, 3.8) is 0 Å². The van der Waals surface area contributed by atoms with E-state index in [4.69, 9.17) is 0 Å². The smallest absolute Gasteiger partial charge is 0.241 e. The van der Waals surface area contributed by atoms with Crippen LogP contribution in [0.2, 0.25) is 0 Å². The van der Waals surface area contributed by atoms with Crippen LogP contribution in [0.4, 0.5) is 0 Å². The van der Waals surface area contributed by atoms with Crippen LogP contribution in [-0.4, -0.2) is 29.4 Å². The first-order chi connectivity index (χ1) is 11.7.